The zero-order valence-electron chi connectivity index (χ0n) is 18.8. The number of likely N-dealkylation sites (tertiary alicyclic amines) is 1. The van der Waals surface area contributed by atoms with E-state index in [9.17, 15) is 4.79 Å². The standard InChI is InChI=1S/C23H28N6O3/c1-23(2)9-11-29(12-10-23)22(30)24-16-6-7-17(18(14-16)21-25-27-28-26-21)15-5-8-19(31-3)20(13-15)32-4/h5-8,13-14H,9-12H2,1-4H3,(H,24,30)(H,25,26,27,28). The quantitative estimate of drug-likeness (QED) is 0.621. The molecule has 0 unspecified atom stereocenters. The van der Waals surface area contributed by atoms with Crippen LogP contribution in [0.4, 0.5) is 10.5 Å². The number of anilines is 1. The Balaban J connectivity index is 1.63. The molecular formula is C23H28N6O3. The van der Waals surface area contributed by atoms with E-state index in [0.717, 1.165) is 42.6 Å². The Labute approximate surface area is 187 Å². The zero-order valence-corrected chi connectivity index (χ0v) is 18.8. The second-order valence-corrected chi connectivity index (χ2v) is 8.65. The average Bonchev–Trinajstić information content (AvgIpc) is 3.33. The SMILES string of the molecule is COc1ccc(-c2ccc(NC(=O)N3CCC(C)(C)CC3)cc2-c2nn[nH]n2)cc1OC. The molecule has 1 aliphatic rings. The van der Waals surface area contributed by atoms with Crippen molar-refractivity contribution < 1.29 is 14.3 Å². The van der Waals surface area contributed by atoms with Crippen LogP contribution in [0.2, 0.25) is 0 Å². The first-order valence-corrected chi connectivity index (χ1v) is 10.6. The van der Waals surface area contributed by atoms with Crippen molar-refractivity contribution in [1.82, 2.24) is 25.5 Å². The second-order valence-electron chi connectivity index (χ2n) is 8.65. The van der Waals surface area contributed by atoms with Gasteiger partial charge in [0.2, 0.25) is 5.82 Å². The number of amides is 2. The van der Waals surface area contributed by atoms with Crippen LogP contribution in [-0.2, 0) is 0 Å². The van der Waals surface area contributed by atoms with Crippen LogP contribution in [0.3, 0.4) is 0 Å². The fourth-order valence-electron chi connectivity index (χ4n) is 3.86. The molecule has 4 rings (SSSR count). The minimum absolute atomic E-state index is 0.0987. The molecule has 2 amide bonds. The predicted octanol–water partition coefficient (Wildman–Crippen LogP) is 4.20. The van der Waals surface area contributed by atoms with Crippen molar-refractivity contribution in [2.75, 3.05) is 32.6 Å². The molecule has 32 heavy (non-hydrogen) atoms. The van der Waals surface area contributed by atoms with Crippen molar-refractivity contribution in [2.45, 2.75) is 26.7 Å². The molecule has 1 fully saturated rings. The summed E-state index contributed by atoms with van der Waals surface area (Å²) in [5, 5.41) is 17.5. The number of hydrogen-bond acceptors (Lipinski definition) is 6. The van der Waals surface area contributed by atoms with Crippen molar-refractivity contribution in [2.24, 2.45) is 5.41 Å². The van der Waals surface area contributed by atoms with Gasteiger partial charge in [0.15, 0.2) is 11.5 Å². The first-order valence-electron chi connectivity index (χ1n) is 10.6. The lowest BCUT2D eigenvalue weighted by Crippen LogP contribution is -2.43. The topological polar surface area (TPSA) is 105 Å². The van der Waals surface area contributed by atoms with Crippen molar-refractivity contribution >= 4 is 11.7 Å². The molecule has 0 atom stereocenters. The highest BCUT2D eigenvalue weighted by Crippen LogP contribution is 2.37. The van der Waals surface area contributed by atoms with Crippen LogP contribution in [0.5, 0.6) is 11.5 Å². The molecule has 3 aromatic rings. The number of methoxy groups -OCH3 is 2. The molecule has 0 radical (unpaired) electrons. The minimum Gasteiger partial charge on any atom is -0.493 e. The Morgan fingerprint density at radius 3 is 2.44 bits per heavy atom. The van der Waals surface area contributed by atoms with E-state index in [1.807, 2.05) is 41.3 Å². The monoisotopic (exact) mass is 436 g/mol. The maximum atomic E-state index is 12.8. The van der Waals surface area contributed by atoms with Crippen LogP contribution in [0.1, 0.15) is 26.7 Å². The average molecular weight is 437 g/mol. The van der Waals surface area contributed by atoms with Crippen LogP contribution >= 0.6 is 0 Å². The van der Waals surface area contributed by atoms with E-state index in [0.29, 0.717) is 23.0 Å². The number of aromatic amines is 1. The molecule has 0 saturated carbocycles. The van der Waals surface area contributed by atoms with Gasteiger partial charge in [-0.3, -0.25) is 0 Å². The summed E-state index contributed by atoms with van der Waals surface area (Å²) in [4.78, 5) is 14.7. The number of aromatic nitrogens is 4. The number of carbonyl (C=O) groups is 1. The van der Waals surface area contributed by atoms with Gasteiger partial charge >= 0.3 is 6.03 Å². The van der Waals surface area contributed by atoms with Crippen LogP contribution in [0, 0.1) is 5.41 Å². The highest BCUT2D eigenvalue weighted by atomic mass is 16.5. The molecule has 1 saturated heterocycles. The van der Waals surface area contributed by atoms with Crippen molar-refractivity contribution in [3.63, 3.8) is 0 Å². The second kappa shape index (κ2) is 8.86. The first-order chi connectivity index (χ1) is 15.4. The van der Waals surface area contributed by atoms with Gasteiger partial charge in [-0.25, -0.2) is 4.79 Å². The number of rotatable bonds is 5. The van der Waals surface area contributed by atoms with Crippen LogP contribution in [-0.4, -0.2) is 58.9 Å². The number of tetrazole rings is 1. The number of nitrogens with zero attached hydrogens (tertiary/aromatic N) is 4. The molecule has 2 aromatic carbocycles. The Bertz CT molecular complexity index is 1090. The lowest BCUT2D eigenvalue weighted by Gasteiger charge is -2.36. The largest absolute Gasteiger partial charge is 0.493 e. The number of hydrogen-bond donors (Lipinski definition) is 2. The van der Waals surface area contributed by atoms with Gasteiger partial charge in [-0.2, -0.15) is 5.21 Å². The Morgan fingerprint density at radius 2 is 1.78 bits per heavy atom. The number of carbonyl (C=O) groups excluding carboxylic acids is 1. The van der Waals surface area contributed by atoms with Gasteiger partial charge in [0.25, 0.3) is 0 Å². The van der Waals surface area contributed by atoms with E-state index in [2.05, 4.69) is 39.8 Å². The van der Waals surface area contributed by atoms with E-state index >= 15 is 0 Å². The van der Waals surface area contributed by atoms with Gasteiger partial charge in [-0.1, -0.05) is 26.0 Å². The molecule has 0 bridgehead atoms. The third-order valence-electron chi connectivity index (χ3n) is 5.96. The van der Waals surface area contributed by atoms with E-state index < -0.39 is 0 Å². The lowest BCUT2D eigenvalue weighted by molar-refractivity contribution is 0.149. The molecule has 1 aromatic heterocycles. The van der Waals surface area contributed by atoms with Gasteiger partial charge in [0, 0.05) is 24.3 Å². The minimum atomic E-state index is -0.0987. The number of urea groups is 1. The van der Waals surface area contributed by atoms with Gasteiger partial charge in [0.05, 0.1) is 14.2 Å². The highest BCUT2D eigenvalue weighted by molar-refractivity contribution is 5.92. The van der Waals surface area contributed by atoms with Crippen LogP contribution in [0.15, 0.2) is 36.4 Å². The molecular weight excluding hydrogens is 408 g/mol. The zero-order chi connectivity index (χ0) is 22.7. The van der Waals surface area contributed by atoms with Gasteiger partial charge in [-0.15, -0.1) is 10.2 Å². The normalized spacial score (nSPS) is 15.3. The maximum Gasteiger partial charge on any atom is 0.321 e. The molecule has 2 heterocycles. The van der Waals surface area contributed by atoms with Gasteiger partial charge in [-0.05, 0) is 58.9 Å². The van der Waals surface area contributed by atoms with Crippen molar-refractivity contribution in [3.8, 4) is 34.0 Å². The first kappa shape index (κ1) is 21.6. The highest BCUT2D eigenvalue weighted by Gasteiger charge is 2.28. The number of ether oxygens (including phenoxy) is 2. The fourth-order valence-corrected chi connectivity index (χ4v) is 3.86. The summed E-state index contributed by atoms with van der Waals surface area (Å²) in [6.45, 7) is 5.99. The third-order valence-corrected chi connectivity index (χ3v) is 5.96. The summed E-state index contributed by atoms with van der Waals surface area (Å²) in [5.74, 6) is 1.70. The molecule has 0 aliphatic carbocycles. The summed E-state index contributed by atoms with van der Waals surface area (Å²) in [5.41, 5.74) is 3.47. The van der Waals surface area contributed by atoms with Crippen molar-refractivity contribution in [3.05, 3.63) is 36.4 Å². The lowest BCUT2D eigenvalue weighted by atomic mass is 9.83. The summed E-state index contributed by atoms with van der Waals surface area (Å²) in [7, 11) is 3.20. The van der Waals surface area contributed by atoms with E-state index in [-0.39, 0.29) is 11.4 Å². The maximum absolute atomic E-state index is 12.8. The molecule has 168 valence electrons. The molecule has 9 heteroatoms. The molecule has 9 nitrogen and oxygen atoms in total. The van der Waals surface area contributed by atoms with Crippen LogP contribution in [0.25, 0.3) is 22.5 Å². The van der Waals surface area contributed by atoms with Gasteiger partial charge in [0.1, 0.15) is 0 Å². The smallest absolute Gasteiger partial charge is 0.321 e. The Morgan fingerprint density at radius 1 is 1.03 bits per heavy atom. The van der Waals surface area contributed by atoms with Crippen LogP contribution < -0.4 is 14.8 Å². The summed E-state index contributed by atoms with van der Waals surface area (Å²) in [6.07, 6.45) is 1.99. The van der Waals surface area contributed by atoms with E-state index in [4.69, 9.17) is 9.47 Å². The number of H-pyrrole nitrogens is 1. The van der Waals surface area contributed by atoms with E-state index in [1.165, 1.54) is 0 Å². The molecule has 1 aliphatic heterocycles. The number of benzene rings is 2. The Kier molecular flexibility index (Phi) is 5.98. The number of nitrogens with one attached hydrogen (secondary N) is 2. The van der Waals surface area contributed by atoms with Crippen molar-refractivity contribution in [1.29, 1.82) is 0 Å². The van der Waals surface area contributed by atoms with E-state index in [1.54, 1.807) is 14.2 Å². The Hall–Kier alpha value is -3.62. The predicted molar refractivity (Wildman–Crippen MR) is 122 cm³/mol. The summed E-state index contributed by atoms with van der Waals surface area (Å²) in [6, 6.07) is 11.3. The molecule has 2 N–H and O–H groups in total. The number of piperidine rings is 1. The summed E-state index contributed by atoms with van der Waals surface area (Å²) >= 11 is 0. The summed E-state index contributed by atoms with van der Waals surface area (Å²) < 4.78 is 10.8. The fraction of sp³-hybridized carbons (Fsp3) is 0.391. The molecule has 0 spiro atoms. The third kappa shape index (κ3) is 4.51. The van der Waals surface area contributed by atoms with Gasteiger partial charge < -0.3 is 19.7 Å².